The molecular formula is C18H17N5O3S. The van der Waals surface area contributed by atoms with Gasteiger partial charge in [0.2, 0.25) is 5.91 Å². The number of aromatic nitrogens is 3. The molecule has 0 saturated carbocycles. The fourth-order valence-corrected chi connectivity index (χ4v) is 3.37. The van der Waals surface area contributed by atoms with Gasteiger partial charge in [0.15, 0.2) is 5.16 Å². The molecular weight excluding hydrogens is 366 g/mol. The molecule has 27 heavy (non-hydrogen) atoms. The lowest BCUT2D eigenvalue weighted by molar-refractivity contribution is -0.383. The molecule has 3 aromatic rings. The van der Waals surface area contributed by atoms with E-state index in [0.717, 1.165) is 11.3 Å². The Morgan fingerprint density at radius 3 is 2.59 bits per heavy atom. The number of para-hydroxylation sites is 3. The van der Waals surface area contributed by atoms with Crippen LogP contribution in [0.5, 0.6) is 0 Å². The van der Waals surface area contributed by atoms with Crippen LogP contribution in [0.4, 0.5) is 11.4 Å². The zero-order valence-corrected chi connectivity index (χ0v) is 15.6. The largest absolute Gasteiger partial charge is 0.320 e. The number of nitrogens with zero attached hydrogens (tertiary/aromatic N) is 4. The van der Waals surface area contributed by atoms with Crippen LogP contribution in [0.2, 0.25) is 0 Å². The summed E-state index contributed by atoms with van der Waals surface area (Å²) in [6, 6.07) is 13.9. The fraction of sp³-hybridized carbons (Fsp3) is 0.167. The molecule has 0 bridgehead atoms. The van der Waals surface area contributed by atoms with Crippen LogP contribution in [0.3, 0.4) is 0 Å². The van der Waals surface area contributed by atoms with Gasteiger partial charge in [-0.3, -0.25) is 19.5 Å². The smallest absolute Gasteiger partial charge is 0.292 e. The Balaban J connectivity index is 1.74. The number of hydrogen-bond acceptors (Lipinski definition) is 6. The quantitative estimate of drug-likeness (QED) is 0.397. The van der Waals surface area contributed by atoms with Crippen molar-refractivity contribution in [2.24, 2.45) is 0 Å². The minimum atomic E-state index is -0.527. The van der Waals surface area contributed by atoms with Gasteiger partial charge in [-0.05, 0) is 31.5 Å². The van der Waals surface area contributed by atoms with Crippen LogP contribution in [0.25, 0.3) is 5.69 Å². The summed E-state index contributed by atoms with van der Waals surface area (Å²) in [5.74, 6) is 0.410. The first-order valence-electron chi connectivity index (χ1n) is 8.11. The summed E-state index contributed by atoms with van der Waals surface area (Å²) in [6.45, 7) is 3.83. The van der Waals surface area contributed by atoms with Crippen LogP contribution in [-0.4, -0.2) is 31.3 Å². The standard InChI is InChI=1S/C18H17N5O3S/c1-12-7-3-5-9-15(12)22-13(2)20-21-18(22)27-11-17(24)19-14-8-4-6-10-16(14)23(25)26/h3-10H,11H2,1-2H3,(H,19,24). The molecule has 0 spiro atoms. The third kappa shape index (κ3) is 4.14. The lowest BCUT2D eigenvalue weighted by Crippen LogP contribution is -2.15. The van der Waals surface area contributed by atoms with Crippen molar-refractivity contribution >= 4 is 29.0 Å². The van der Waals surface area contributed by atoms with E-state index in [1.807, 2.05) is 42.7 Å². The van der Waals surface area contributed by atoms with E-state index in [2.05, 4.69) is 15.5 Å². The number of nitro groups is 1. The molecule has 0 aliphatic heterocycles. The van der Waals surface area contributed by atoms with E-state index in [9.17, 15) is 14.9 Å². The van der Waals surface area contributed by atoms with E-state index >= 15 is 0 Å². The molecule has 8 nitrogen and oxygen atoms in total. The lowest BCUT2D eigenvalue weighted by Gasteiger charge is -2.11. The second-order valence-electron chi connectivity index (χ2n) is 5.76. The summed E-state index contributed by atoms with van der Waals surface area (Å²) in [6.07, 6.45) is 0. The van der Waals surface area contributed by atoms with Crippen molar-refractivity contribution in [1.29, 1.82) is 0 Å². The van der Waals surface area contributed by atoms with E-state index in [1.54, 1.807) is 12.1 Å². The van der Waals surface area contributed by atoms with Crippen LogP contribution in [0, 0.1) is 24.0 Å². The lowest BCUT2D eigenvalue weighted by atomic mass is 10.2. The first-order chi connectivity index (χ1) is 13.0. The van der Waals surface area contributed by atoms with Gasteiger partial charge >= 0.3 is 0 Å². The minimum Gasteiger partial charge on any atom is -0.320 e. The maximum Gasteiger partial charge on any atom is 0.292 e. The van der Waals surface area contributed by atoms with E-state index in [4.69, 9.17) is 0 Å². The monoisotopic (exact) mass is 383 g/mol. The van der Waals surface area contributed by atoms with Gasteiger partial charge in [0.05, 0.1) is 16.4 Å². The van der Waals surface area contributed by atoms with E-state index in [-0.39, 0.29) is 23.0 Å². The Kier molecular flexibility index (Phi) is 5.51. The molecule has 0 radical (unpaired) electrons. The van der Waals surface area contributed by atoms with E-state index in [0.29, 0.717) is 11.0 Å². The van der Waals surface area contributed by atoms with Crippen LogP contribution in [-0.2, 0) is 4.79 Å². The Hall–Kier alpha value is -3.20. The number of hydrogen-bond donors (Lipinski definition) is 1. The molecule has 2 aromatic carbocycles. The molecule has 0 fully saturated rings. The number of nitro benzene ring substituents is 1. The van der Waals surface area contributed by atoms with E-state index in [1.165, 1.54) is 23.9 Å². The Labute approximate surface area is 159 Å². The maximum absolute atomic E-state index is 12.3. The summed E-state index contributed by atoms with van der Waals surface area (Å²) in [4.78, 5) is 22.8. The molecule has 0 aliphatic carbocycles. The summed E-state index contributed by atoms with van der Waals surface area (Å²) in [5, 5.41) is 22.5. The van der Waals surface area contributed by atoms with Crippen molar-refractivity contribution < 1.29 is 9.72 Å². The average Bonchev–Trinajstić information content (AvgIpc) is 3.01. The van der Waals surface area contributed by atoms with E-state index < -0.39 is 4.92 Å². The van der Waals surface area contributed by atoms with Crippen LogP contribution < -0.4 is 5.32 Å². The number of nitrogens with one attached hydrogen (secondary N) is 1. The molecule has 0 aliphatic rings. The Morgan fingerprint density at radius 1 is 1.15 bits per heavy atom. The number of rotatable bonds is 6. The Morgan fingerprint density at radius 2 is 1.85 bits per heavy atom. The molecule has 1 aromatic heterocycles. The summed E-state index contributed by atoms with van der Waals surface area (Å²) < 4.78 is 1.89. The van der Waals surface area contributed by atoms with Gasteiger partial charge in [-0.15, -0.1) is 10.2 Å². The molecule has 0 saturated heterocycles. The number of aryl methyl sites for hydroxylation is 2. The van der Waals surface area contributed by atoms with Gasteiger partial charge < -0.3 is 5.32 Å². The Bertz CT molecular complexity index is 1000. The third-order valence-electron chi connectivity index (χ3n) is 3.86. The number of thioether (sulfide) groups is 1. The highest BCUT2D eigenvalue weighted by atomic mass is 32.2. The zero-order valence-electron chi connectivity index (χ0n) is 14.7. The molecule has 0 atom stereocenters. The van der Waals surface area contributed by atoms with Gasteiger partial charge in [0, 0.05) is 6.07 Å². The molecule has 138 valence electrons. The van der Waals surface area contributed by atoms with Crippen LogP contribution in [0.15, 0.2) is 53.7 Å². The van der Waals surface area contributed by atoms with Gasteiger partial charge in [0.1, 0.15) is 11.5 Å². The van der Waals surface area contributed by atoms with Gasteiger partial charge in [-0.2, -0.15) is 0 Å². The SMILES string of the molecule is Cc1ccccc1-n1c(C)nnc1SCC(=O)Nc1ccccc1[N+](=O)[O-]. The topological polar surface area (TPSA) is 103 Å². The number of amides is 1. The number of benzene rings is 2. The molecule has 3 rings (SSSR count). The highest BCUT2D eigenvalue weighted by molar-refractivity contribution is 7.99. The van der Waals surface area contributed by atoms with Crippen LogP contribution >= 0.6 is 11.8 Å². The normalized spacial score (nSPS) is 10.6. The van der Waals surface area contributed by atoms with Crippen molar-refractivity contribution in [1.82, 2.24) is 14.8 Å². The van der Waals surface area contributed by atoms with Gasteiger partial charge in [-0.1, -0.05) is 42.1 Å². The molecule has 1 N–H and O–H groups in total. The predicted octanol–water partition coefficient (Wildman–Crippen LogP) is 3.52. The predicted molar refractivity (Wildman–Crippen MR) is 103 cm³/mol. The number of anilines is 1. The molecule has 1 heterocycles. The third-order valence-corrected chi connectivity index (χ3v) is 4.79. The molecule has 1 amide bonds. The second kappa shape index (κ2) is 8.00. The minimum absolute atomic E-state index is 0.0516. The summed E-state index contributed by atoms with van der Waals surface area (Å²) >= 11 is 1.22. The fourth-order valence-electron chi connectivity index (χ4n) is 2.58. The van der Waals surface area contributed by atoms with Crippen molar-refractivity contribution in [2.45, 2.75) is 19.0 Å². The van der Waals surface area contributed by atoms with Crippen molar-refractivity contribution in [2.75, 3.05) is 11.1 Å². The average molecular weight is 383 g/mol. The summed E-state index contributed by atoms with van der Waals surface area (Å²) in [7, 11) is 0. The van der Waals surface area contributed by atoms with Crippen molar-refractivity contribution in [3.05, 3.63) is 70.0 Å². The summed E-state index contributed by atoms with van der Waals surface area (Å²) in [5.41, 5.74) is 2.03. The zero-order chi connectivity index (χ0) is 19.4. The van der Waals surface area contributed by atoms with Gasteiger partial charge in [-0.25, -0.2) is 0 Å². The number of carbonyl (C=O) groups is 1. The van der Waals surface area contributed by atoms with Crippen molar-refractivity contribution in [3.8, 4) is 5.69 Å². The van der Waals surface area contributed by atoms with Crippen molar-refractivity contribution in [3.63, 3.8) is 0 Å². The maximum atomic E-state index is 12.3. The first kappa shape index (κ1) is 18.6. The molecule has 0 unspecified atom stereocenters. The number of carbonyl (C=O) groups excluding carboxylic acids is 1. The molecule has 9 heteroatoms. The first-order valence-corrected chi connectivity index (χ1v) is 9.10. The second-order valence-corrected chi connectivity index (χ2v) is 6.71. The highest BCUT2D eigenvalue weighted by Gasteiger charge is 2.17. The highest BCUT2D eigenvalue weighted by Crippen LogP contribution is 2.26. The van der Waals surface area contributed by atoms with Gasteiger partial charge in [0.25, 0.3) is 5.69 Å². The van der Waals surface area contributed by atoms with Crippen LogP contribution in [0.1, 0.15) is 11.4 Å².